The number of carbonyl (C=O) groups is 1. The molecule has 78 valence electrons. The Kier molecular flexibility index (Phi) is 2.33. The van der Waals surface area contributed by atoms with Gasteiger partial charge in [-0.15, -0.1) is 0 Å². The van der Waals surface area contributed by atoms with Crippen LogP contribution in [0.4, 0.5) is 4.39 Å². The van der Waals surface area contributed by atoms with Gasteiger partial charge < -0.3 is 5.32 Å². The molecule has 0 saturated heterocycles. The van der Waals surface area contributed by atoms with Gasteiger partial charge in [0.15, 0.2) is 0 Å². The summed E-state index contributed by atoms with van der Waals surface area (Å²) in [5, 5.41) is 2.89. The van der Waals surface area contributed by atoms with E-state index in [0.29, 0.717) is 12.8 Å². The predicted molar refractivity (Wildman–Crippen MR) is 52.5 cm³/mol. The average Bonchev–Trinajstić information content (AvgIpc) is 2.51. The van der Waals surface area contributed by atoms with E-state index in [1.54, 1.807) is 6.92 Å². The number of carbonyl (C=O) groups excluding carboxylic acids is 1. The SMILES string of the molecule is CC1(F)CC(NC(=O)C2CC=CC2)C1. The van der Waals surface area contributed by atoms with Crippen LogP contribution in [-0.4, -0.2) is 17.6 Å². The topological polar surface area (TPSA) is 29.1 Å². The fraction of sp³-hybridized carbons (Fsp3) is 0.727. The lowest BCUT2D eigenvalue weighted by atomic mass is 9.78. The van der Waals surface area contributed by atoms with E-state index in [1.807, 2.05) is 12.2 Å². The smallest absolute Gasteiger partial charge is 0.223 e. The number of hydrogen-bond donors (Lipinski definition) is 1. The van der Waals surface area contributed by atoms with E-state index in [9.17, 15) is 9.18 Å². The summed E-state index contributed by atoms with van der Waals surface area (Å²) in [6, 6.07) is 0.0677. The van der Waals surface area contributed by atoms with Crippen LogP contribution in [0.2, 0.25) is 0 Å². The van der Waals surface area contributed by atoms with Gasteiger partial charge in [0.25, 0.3) is 0 Å². The zero-order valence-electron chi connectivity index (χ0n) is 8.42. The van der Waals surface area contributed by atoms with Crippen LogP contribution in [0.3, 0.4) is 0 Å². The van der Waals surface area contributed by atoms with E-state index >= 15 is 0 Å². The molecule has 2 nitrogen and oxygen atoms in total. The Morgan fingerprint density at radius 2 is 2.00 bits per heavy atom. The van der Waals surface area contributed by atoms with Gasteiger partial charge in [0.2, 0.25) is 5.91 Å². The van der Waals surface area contributed by atoms with Crippen molar-refractivity contribution in [2.75, 3.05) is 0 Å². The van der Waals surface area contributed by atoms with Crippen molar-refractivity contribution >= 4 is 5.91 Å². The Morgan fingerprint density at radius 1 is 1.43 bits per heavy atom. The fourth-order valence-electron chi connectivity index (χ4n) is 2.22. The van der Waals surface area contributed by atoms with Gasteiger partial charge in [0, 0.05) is 24.8 Å². The van der Waals surface area contributed by atoms with Crippen LogP contribution in [0.25, 0.3) is 0 Å². The molecule has 0 heterocycles. The molecule has 2 aliphatic carbocycles. The van der Waals surface area contributed by atoms with Crippen molar-refractivity contribution in [3.05, 3.63) is 12.2 Å². The monoisotopic (exact) mass is 197 g/mol. The zero-order valence-corrected chi connectivity index (χ0v) is 8.42. The molecular formula is C11H16FNO. The second-order valence-corrected chi connectivity index (χ2v) is 4.67. The normalized spacial score (nSPS) is 36.9. The maximum atomic E-state index is 13.1. The van der Waals surface area contributed by atoms with Gasteiger partial charge in [-0.05, 0) is 19.8 Å². The molecule has 0 spiro atoms. The first-order valence-corrected chi connectivity index (χ1v) is 5.21. The van der Waals surface area contributed by atoms with Gasteiger partial charge in [0.1, 0.15) is 5.67 Å². The van der Waals surface area contributed by atoms with Crippen molar-refractivity contribution in [2.24, 2.45) is 5.92 Å². The van der Waals surface area contributed by atoms with Crippen LogP contribution in [0.5, 0.6) is 0 Å². The Balaban J connectivity index is 1.74. The van der Waals surface area contributed by atoms with Crippen LogP contribution in [-0.2, 0) is 4.79 Å². The minimum Gasteiger partial charge on any atom is -0.353 e. The molecule has 0 aromatic heterocycles. The highest BCUT2D eigenvalue weighted by atomic mass is 19.1. The predicted octanol–water partition coefficient (Wildman–Crippen LogP) is 1.96. The molecule has 1 saturated carbocycles. The van der Waals surface area contributed by atoms with Crippen molar-refractivity contribution in [1.29, 1.82) is 0 Å². The third-order valence-corrected chi connectivity index (χ3v) is 3.07. The summed E-state index contributed by atoms with van der Waals surface area (Å²) in [5.41, 5.74) is -1.05. The maximum absolute atomic E-state index is 13.1. The number of alkyl halides is 1. The highest BCUT2D eigenvalue weighted by Crippen LogP contribution is 2.35. The van der Waals surface area contributed by atoms with E-state index in [2.05, 4.69) is 5.32 Å². The fourth-order valence-corrected chi connectivity index (χ4v) is 2.22. The second-order valence-electron chi connectivity index (χ2n) is 4.67. The van der Waals surface area contributed by atoms with Crippen LogP contribution >= 0.6 is 0 Å². The van der Waals surface area contributed by atoms with Crippen molar-refractivity contribution in [2.45, 2.75) is 44.3 Å². The molecule has 0 aromatic carbocycles. The first-order chi connectivity index (χ1) is 6.57. The minimum atomic E-state index is -1.05. The average molecular weight is 197 g/mol. The summed E-state index contributed by atoms with van der Waals surface area (Å²) >= 11 is 0. The molecule has 1 fully saturated rings. The van der Waals surface area contributed by atoms with Crippen LogP contribution < -0.4 is 5.32 Å². The lowest BCUT2D eigenvalue weighted by Crippen LogP contribution is -2.52. The molecule has 0 bridgehead atoms. The second kappa shape index (κ2) is 3.37. The number of hydrogen-bond acceptors (Lipinski definition) is 1. The molecular weight excluding hydrogens is 181 g/mol. The highest BCUT2D eigenvalue weighted by molar-refractivity contribution is 5.79. The molecule has 0 radical (unpaired) electrons. The van der Waals surface area contributed by atoms with Crippen molar-refractivity contribution in [3.8, 4) is 0 Å². The number of nitrogens with one attached hydrogen (secondary N) is 1. The van der Waals surface area contributed by atoms with Crippen molar-refractivity contribution in [1.82, 2.24) is 5.32 Å². The highest BCUT2D eigenvalue weighted by Gasteiger charge is 2.41. The minimum absolute atomic E-state index is 0.0677. The molecule has 1 N–H and O–H groups in total. The molecule has 0 unspecified atom stereocenters. The van der Waals surface area contributed by atoms with E-state index < -0.39 is 5.67 Å². The van der Waals surface area contributed by atoms with Crippen molar-refractivity contribution < 1.29 is 9.18 Å². The Labute approximate surface area is 83.6 Å². The zero-order chi connectivity index (χ0) is 10.2. The first kappa shape index (κ1) is 9.69. The van der Waals surface area contributed by atoms with Crippen LogP contribution in [0.15, 0.2) is 12.2 Å². The summed E-state index contributed by atoms with van der Waals surface area (Å²) in [7, 11) is 0. The van der Waals surface area contributed by atoms with E-state index in [4.69, 9.17) is 0 Å². The largest absolute Gasteiger partial charge is 0.353 e. The number of rotatable bonds is 2. The number of amides is 1. The summed E-state index contributed by atoms with van der Waals surface area (Å²) in [6.45, 7) is 1.59. The third-order valence-electron chi connectivity index (χ3n) is 3.07. The Bertz CT molecular complexity index is 256. The molecule has 14 heavy (non-hydrogen) atoms. The van der Waals surface area contributed by atoms with Gasteiger partial charge in [-0.3, -0.25) is 4.79 Å². The third kappa shape index (κ3) is 1.97. The van der Waals surface area contributed by atoms with Gasteiger partial charge in [-0.2, -0.15) is 0 Å². The van der Waals surface area contributed by atoms with Crippen LogP contribution in [0.1, 0.15) is 32.6 Å². The van der Waals surface area contributed by atoms with Gasteiger partial charge in [-0.25, -0.2) is 4.39 Å². The molecule has 1 amide bonds. The molecule has 0 atom stereocenters. The molecule has 0 aliphatic heterocycles. The van der Waals surface area contributed by atoms with Gasteiger partial charge in [0.05, 0.1) is 0 Å². The lowest BCUT2D eigenvalue weighted by Gasteiger charge is -2.39. The van der Waals surface area contributed by atoms with Crippen molar-refractivity contribution in [3.63, 3.8) is 0 Å². The first-order valence-electron chi connectivity index (χ1n) is 5.21. The molecule has 0 aromatic rings. The van der Waals surface area contributed by atoms with Crippen LogP contribution in [0, 0.1) is 5.92 Å². The number of halogens is 1. The Hall–Kier alpha value is -0.860. The van der Waals surface area contributed by atoms with Gasteiger partial charge in [-0.1, -0.05) is 12.2 Å². The lowest BCUT2D eigenvalue weighted by molar-refractivity contribution is -0.127. The summed E-state index contributed by atoms with van der Waals surface area (Å²) in [5.74, 6) is 0.192. The summed E-state index contributed by atoms with van der Waals surface area (Å²) < 4.78 is 13.1. The standard InChI is InChI=1S/C11H16FNO/c1-11(12)6-9(7-11)13-10(14)8-4-2-3-5-8/h2-3,8-9H,4-7H2,1H3,(H,13,14). The number of allylic oxidation sites excluding steroid dienone is 2. The molecule has 2 rings (SSSR count). The summed E-state index contributed by atoms with van der Waals surface area (Å²) in [4.78, 5) is 11.6. The summed E-state index contributed by atoms with van der Waals surface area (Å²) in [6.07, 6.45) is 6.68. The quantitative estimate of drug-likeness (QED) is 0.674. The van der Waals surface area contributed by atoms with Gasteiger partial charge >= 0.3 is 0 Å². The molecule has 3 heteroatoms. The van der Waals surface area contributed by atoms with E-state index in [0.717, 1.165) is 12.8 Å². The Morgan fingerprint density at radius 3 is 2.50 bits per heavy atom. The maximum Gasteiger partial charge on any atom is 0.223 e. The molecule has 2 aliphatic rings. The van der Waals surface area contributed by atoms with E-state index in [1.165, 1.54) is 0 Å². The van der Waals surface area contributed by atoms with E-state index in [-0.39, 0.29) is 17.9 Å².